The first-order chi connectivity index (χ1) is 22.0. The molecule has 248 valence electrons. The Kier molecular flexibility index (Phi) is 16.6. The van der Waals surface area contributed by atoms with Crippen LogP contribution < -0.4 is 4.74 Å². The fourth-order valence-corrected chi connectivity index (χ4v) is 5.40. The van der Waals surface area contributed by atoms with Gasteiger partial charge in [-0.2, -0.15) is 0 Å². The number of hydrogen-bond acceptors (Lipinski definition) is 9. The van der Waals surface area contributed by atoms with Crippen molar-refractivity contribution in [2.24, 2.45) is 4.99 Å². The molecule has 2 aliphatic rings. The molecule has 2 aromatic carbocycles. The number of carboxylic acids is 4. The van der Waals surface area contributed by atoms with E-state index in [1.165, 1.54) is 24.5 Å². The molecule has 0 aromatic heterocycles. The molecular weight excluding hydrogens is 621 g/mol. The summed E-state index contributed by atoms with van der Waals surface area (Å²) in [6.07, 6.45) is 6.59. The quantitative estimate of drug-likeness (QED) is 0.193. The van der Waals surface area contributed by atoms with Crippen LogP contribution in [0.15, 0.2) is 77.8 Å². The summed E-state index contributed by atoms with van der Waals surface area (Å²) in [5.74, 6) is -3.95. The average Bonchev–Trinajstić information content (AvgIpc) is 3.04. The van der Waals surface area contributed by atoms with Crippen LogP contribution in [0.1, 0.15) is 31.2 Å². The summed E-state index contributed by atoms with van der Waals surface area (Å²) < 4.78 is 19.1. The van der Waals surface area contributed by atoms with Gasteiger partial charge in [-0.1, -0.05) is 42.1 Å². The maximum Gasteiger partial charge on any atom is 0.328 e. The van der Waals surface area contributed by atoms with Crippen LogP contribution in [0, 0.1) is 5.82 Å². The lowest BCUT2D eigenvalue weighted by molar-refractivity contribution is -0.134. The second-order valence-corrected chi connectivity index (χ2v) is 10.9. The Hall–Kier alpha value is -4.69. The standard InChI is InChI=1S/C24H30FN3OS.2C4H4O4/c1-27(24-26-22-10-4-2-8-19(22)18-30-24)20-12-15-28(16-13-20)14-6-7-17-29-23-11-5-3-9-21(23)25;2*5-3(6)1-2-4(7)8/h2-5,8-11,20H,6-7,12-18H2,1H3;2*1-2H,(H,5,6)(H,7,8)/b;2*2-1+. The lowest BCUT2D eigenvalue weighted by Gasteiger charge is -2.38. The third-order valence-corrected chi connectivity index (χ3v) is 7.76. The fraction of sp³-hybridized carbons (Fsp3) is 0.344. The number of halogens is 1. The Morgan fingerprint density at radius 1 is 0.891 bits per heavy atom. The summed E-state index contributed by atoms with van der Waals surface area (Å²) in [5.41, 5.74) is 2.45. The highest BCUT2D eigenvalue weighted by Crippen LogP contribution is 2.33. The number of aliphatic carboxylic acids is 4. The average molecular weight is 660 g/mol. The molecule has 2 heterocycles. The molecule has 14 heteroatoms. The first-order valence-electron chi connectivity index (χ1n) is 14.4. The summed E-state index contributed by atoms with van der Waals surface area (Å²) in [4.78, 5) is 48.0. The summed E-state index contributed by atoms with van der Waals surface area (Å²) in [7, 11) is 2.19. The van der Waals surface area contributed by atoms with E-state index in [1.54, 1.807) is 18.2 Å². The number of para-hydroxylation sites is 2. The Morgan fingerprint density at radius 3 is 2.00 bits per heavy atom. The minimum atomic E-state index is -1.26. The molecule has 0 aliphatic carbocycles. The molecule has 2 aromatic rings. The Balaban J connectivity index is 0.000000381. The molecule has 2 aliphatic heterocycles. The van der Waals surface area contributed by atoms with Crippen LogP contribution >= 0.6 is 11.8 Å². The molecule has 0 bridgehead atoms. The zero-order valence-electron chi connectivity index (χ0n) is 25.3. The third-order valence-electron chi connectivity index (χ3n) is 6.67. The normalized spacial score (nSPS) is 14.6. The van der Waals surface area contributed by atoms with E-state index in [2.05, 4.69) is 41.1 Å². The number of hydrogen-bond donors (Lipinski definition) is 4. The number of likely N-dealkylation sites (tertiary alicyclic amines) is 1. The van der Waals surface area contributed by atoms with Crippen LogP contribution in [-0.2, 0) is 24.9 Å². The van der Waals surface area contributed by atoms with Gasteiger partial charge in [-0.25, -0.2) is 28.6 Å². The van der Waals surface area contributed by atoms with Gasteiger partial charge in [-0.05, 0) is 56.0 Å². The van der Waals surface area contributed by atoms with Crippen LogP contribution in [0.5, 0.6) is 5.75 Å². The van der Waals surface area contributed by atoms with E-state index in [-0.39, 0.29) is 5.82 Å². The second kappa shape index (κ2) is 20.4. The van der Waals surface area contributed by atoms with Crippen LogP contribution in [-0.4, -0.2) is 98.6 Å². The van der Waals surface area contributed by atoms with Crippen molar-refractivity contribution in [1.82, 2.24) is 9.80 Å². The molecule has 0 radical (unpaired) electrons. The maximum atomic E-state index is 13.6. The number of piperidine rings is 1. The van der Waals surface area contributed by atoms with E-state index in [0.717, 1.165) is 49.1 Å². The van der Waals surface area contributed by atoms with Gasteiger partial charge in [-0.15, -0.1) is 0 Å². The van der Waals surface area contributed by atoms with Gasteiger partial charge >= 0.3 is 23.9 Å². The highest BCUT2D eigenvalue weighted by atomic mass is 32.2. The predicted molar refractivity (Wildman–Crippen MR) is 172 cm³/mol. The van der Waals surface area contributed by atoms with Crippen LogP contribution in [0.25, 0.3) is 0 Å². The lowest BCUT2D eigenvalue weighted by Crippen LogP contribution is -2.45. The summed E-state index contributed by atoms with van der Waals surface area (Å²) in [6.45, 7) is 3.90. The van der Waals surface area contributed by atoms with Crippen molar-refractivity contribution >= 4 is 46.5 Å². The molecule has 0 amide bonds. The van der Waals surface area contributed by atoms with E-state index in [9.17, 15) is 23.6 Å². The SMILES string of the molecule is CN(C1=Nc2ccccc2CS1)C1CCN(CCCCOc2ccccc2F)CC1.O=C(O)/C=C/C(=O)O.O=C(O)/C=C/C(=O)O. The second-order valence-electron chi connectivity index (χ2n) is 10.0. The molecule has 0 atom stereocenters. The van der Waals surface area contributed by atoms with Crippen LogP contribution in [0.3, 0.4) is 0 Å². The summed E-state index contributed by atoms with van der Waals surface area (Å²) in [5, 5.41) is 32.4. The molecule has 1 fully saturated rings. The van der Waals surface area contributed by atoms with Crippen molar-refractivity contribution in [3.63, 3.8) is 0 Å². The number of carboxylic acid groups (broad SMARTS) is 4. The fourth-order valence-electron chi connectivity index (χ4n) is 4.35. The van der Waals surface area contributed by atoms with Crippen LogP contribution in [0.4, 0.5) is 10.1 Å². The van der Waals surface area contributed by atoms with E-state index in [4.69, 9.17) is 30.2 Å². The molecule has 4 N–H and O–H groups in total. The van der Waals surface area contributed by atoms with Crippen molar-refractivity contribution in [2.45, 2.75) is 37.5 Å². The highest BCUT2D eigenvalue weighted by molar-refractivity contribution is 8.13. The number of fused-ring (bicyclic) bond motifs is 1. The van der Waals surface area contributed by atoms with Crippen molar-refractivity contribution in [2.75, 3.05) is 33.3 Å². The monoisotopic (exact) mass is 659 g/mol. The van der Waals surface area contributed by atoms with Crippen molar-refractivity contribution in [3.8, 4) is 5.75 Å². The smallest absolute Gasteiger partial charge is 0.328 e. The number of thioether (sulfide) groups is 1. The van der Waals surface area contributed by atoms with Gasteiger partial charge in [0.25, 0.3) is 0 Å². The molecule has 4 rings (SSSR count). The van der Waals surface area contributed by atoms with Crippen molar-refractivity contribution < 1.29 is 48.7 Å². The largest absolute Gasteiger partial charge is 0.491 e. The Bertz CT molecular complexity index is 1340. The van der Waals surface area contributed by atoms with Gasteiger partial charge in [0, 0.05) is 56.2 Å². The minimum Gasteiger partial charge on any atom is -0.491 e. The molecule has 46 heavy (non-hydrogen) atoms. The van der Waals surface area contributed by atoms with Gasteiger partial charge < -0.3 is 35.0 Å². The molecular formula is C32H38FN3O9S. The van der Waals surface area contributed by atoms with E-state index < -0.39 is 23.9 Å². The number of aliphatic imine (C=N–C) groups is 1. The molecule has 12 nitrogen and oxygen atoms in total. The van der Waals surface area contributed by atoms with E-state index in [0.29, 0.717) is 42.7 Å². The topological polar surface area (TPSA) is 177 Å². The highest BCUT2D eigenvalue weighted by Gasteiger charge is 2.26. The molecule has 0 spiro atoms. The van der Waals surface area contributed by atoms with Gasteiger partial charge in [0.05, 0.1) is 12.3 Å². The Labute approximate surface area is 270 Å². The number of amidine groups is 1. The van der Waals surface area contributed by atoms with Gasteiger partial charge in [0.15, 0.2) is 16.7 Å². The zero-order valence-corrected chi connectivity index (χ0v) is 26.1. The first kappa shape index (κ1) is 37.5. The Morgan fingerprint density at radius 2 is 1.43 bits per heavy atom. The van der Waals surface area contributed by atoms with Crippen molar-refractivity contribution in [3.05, 3.63) is 84.2 Å². The maximum absolute atomic E-state index is 13.6. The van der Waals surface area contributed by atoms with E-state index >= 15 is 0 Å². The molecule has 0 unspecified atom stereocenters. The lowest BCUT2D eigenvalue weighted by atomic mass is 10.0. The summed E-state index contributed by atoms with van der Waals surface area (Å²) >= 11 is 1.85. The van der Waals surface area contributed by atoms with E-state index in [1.807, 2.05) is 11.8 Å². The zero-order chi connectivity index (χ0) is 33.9. The number of carbonyl (C=O) groups is 4. The number of benzene rings is 2. The number of unbranched alkanes of at least 4 members (excludes halogenated alkanes) is 1. The van der Waals surface area contributed by atoms with Crippen LogP contribution in [0.2, 0.25) is 0 Å². The first-order valence-corrected chi connectivity index (χ1v) is 15.3. The minimum absolute atomic E-state index is 0.284. The molecule has 0 saturated carbocycles. The van der Waals surface area contributed by atoms with Gasteiger partial charge in [0.2, 0.25) is 0 Å². The molecule has 1 saturated heterocycles. The summed E-state index contributed by atoms with van der Waals surface area (Å²) in [6, 6.07) is 15.6. The van der Waals surface area contributed by atoms with Crippen molar-refractivity contribution in [1.29, 1.82) is 0 Å². The predicted octanol–water partition coefficient (Wildman–Crippen LogP) is 4.74. The third kappa shape index (κ3) is 14.9. The van der Waals surface area contributed by atoms with Gasteiger partial charge in [0.1, 0.15) is 0 Å². The number of ether oxygens (including phenoxy) is 1. The van der Waals surface area contributed by atoms with Gasteiger partial charge in [-0.3, -0.25) is 0 Å². The number of nitrogens with zero attached hydrogens (tertiary/aromatic N) is 3. The number of rotatable bonds is 11.